The summed E-state index contributed by atoms with van der Waals surface area (Å²) in [6.45, 7) is 0. The van der Waals surface area contributed by atoms with E-state index < -0.39 is 0 Å². The van der Waals surface area contributed by atoms with Gasteiger partial charge < -0.3 is 5.48 Å². The first-order chi connectivity index (χ1) is 0. The van der Waals surface area contributed by atoms with Crippen LogP contribution in [-0.2, 0) is 22.5 Å². The largest absolute Gasteiger partial charge is 3.00 e. The van der Waals surface area contributed by atoms with Gasteiger partial charge in [-0.2, -0.15) is 0 Å². The molecular formula is BiCaFeO+5. The molecule has 0 aromatic carbocycles. The zero-order valence-corrected chi connectivity index (χ0v) is 8.71. The van der Waals surface area contributed by atoms with Crippen molar-refractivity contribution in [3.05, 3.63) is 0 Å². The van der Waals surface area contributed by atoms with Crippen molar-refractivity contribution in [1.82, 2.24) is 0 Å². The second kappa shape index (κ2) is 17.5. The number of hydrogen-bond donors (Lipinski definition) is 0. The molecule has 0 fully saturated rings. The fourth-order valence-electron chi connectivity index (χ4n) is 0. The zero-order chi connectivity index (χ0) is 0. The predicted octanol–water partition coefficient (Wildman–Crippen LogP) is -0.883. The Morgan fingerprint density at radius 2 is 1.00 bits per heavy atom. The normalized spacial score (nSPS) is 0. The third-order valence-electron chi connectivity index (χ3n) is 0. The van der Waals surface area contributed by atoms with Crippen molar-refractivity contribution in [3.63, 3.8) is 0 Å². The van der Waals surface area contributed by atoms with Crippen molar-refractivity contribution in [2.24, 2.45) is 0 Å². The first-order valence-electron chi connectivity index (χ1n) is 0. The van der Waals surface area contributed by atoms with E-state index in [1.165, 1.54) is 0 Å². The van der Waals surface area contributed by atoms with Gasteiger partial charge in [-0.15, -0.1) is 0 Å². The molecule has 0 atom stereocenters. The van der Waals surface area contributed by atoms with E-state index in [0.717, 1.165) is 0 Å². The Bertz CT molecular complexity index is 8.00. The third kappa shape index (κ3) is 8.82. The molecule has 0 spiro atoms. The summed E-state index contributed by atoms with van der Waals surface area (Å²) in [5.74, 6) is 0. The summed E-state index contributed by atoms with van der Waals surface area (Å²) < 4.78 is 0. The van der Waals surface area contributed by atoms with Crippen LogP contribution in [0.3, 0.4) is 0 Å². The Labute approximate surface area is 84.8 Å². The molecule has 0 N–H and O–H groups in total. The summed E-state index contributed by atoms with van der Waals surface area (Å²) in [4.78, 5) is 0. The van der Waals surface area contributed by atoms with Gasteiger partial charge in [-0.25, -0.2) is 0 Å². The van der Waals surface area contributed by atoms with Crippen LogP contribution in [0.25, 0.3) is 0 Å². The Kier molecular flexibility index (Phi) is 133. The van der Waals surface area contributed by atoms with Gasteiger partial charge >= 0.3 is 81.0 Å². The summed E-state index contributed by atoms with van der Waals surface area (Å²) in [6, 6.07) is 0. The molecule has 0 aromatic rings. The SMILES string of the molecule is [Bi+3].[Ca+2].[Fe+2].[O-2]. The summed E-state index contributed by atoms with van der Waals surface area (Å²) in [7, 11) is 0. The molecule has 4 heteroatoms. The maximum atomic E-state index is 0. The minimum atomic E-state index is 0. The monoisotopic (exact) mass is 321 g/mol. The first kappa shape index (κ1) is 30.4. The second-order valence-electron chi connectivity index (χ2n) is 0. The van der Waals surface area contributed by atoms with Crippen molar-refractivity contribution in [2.45, 2.75) is 0 Å². The van der Waals surface area contributed by atoms with Crippen molar-refractivity contribution in [3.8, 4) is 0 Å². The van der Waals surface area contributed by atoms with Gasteiger partial charge in [-0.3, -0.25) is 0 Å². The molecular weight excluding hydrogens is 321 g/mol. The topological polar surface area (TPSA) is 28.5 Å². The maximum Gasteiger partial charge on any atom is 3.00 e. The second-order valence-corrected chi connectivity index (χ2v) is 0. The van der Waals surface area contributed by atoms with Crippen LogP contribution in [0.15, 0.2) is 0 Å². The molecule has 0 saturated heterocycles. The Balaban J connectivity index is 0. The maximum absolute atomic E-state index is 0. The summed E-state index contributed by atoms with van der Waals surface area (Å²) in [5.41, 5.74) is 0. The van der Waals surface area contributed by atoms with Crippen molar-refractivity contribution < 1.29 is 22.5 Å². The molecule has 0 unspecified atom stereocenters. The van der Waals surface area contributed by atoms with Crippen LogP contribution in [0, 0.1) is 0 Å². The van der Waals surface area contributed by atoms with Crippen LogP contribution in [0.5, 0.6) is 0 Å². The van der Waals surface area contributed by atoms with E-state index >= 15 is 0 Å². The molecule has 0 saturated carbocycles. The molecule has 0 bridgehead atoms. The minimum Gasteiger partial charge on any atom is -2.00 e. The molecule has 1 nitrogen and oxygen atoms in total. The van der Waals surface area contributed by atoms with Gasteiger partial charge in [0.1, 0.15) is 0 Å². The van der Waals surface area contributed by atoms with Crippen LogP contribution < -0.4 is 0 Å². The number of rotatable bonds is 0. The van der Waals surface area contributed by atoms with E-state index in [1.807, 2.05) is 0 Å². The van der Waals surface area contributed by atoms with Crippen LogP contribution in [0.1, 0.15) is 0 Å². The van der Waals surface area contributed by atoms with E-state index in [1.54, 1.807) is 0 Å². The van der Waals surface area contributed by atoms with Crippen molar-refractivity contribution in [2.75, 3.05) is 0 Å². The van der Waals surface area contributed by atoms with Gasteiger partial charge in [0.25, 0.3) is 0 Å². The molecule has 0 aromatic heterocycles. The van der Waals surface area contributed by atoms with Crippen LogP contribution in [-0.4, -0.2) is 63.9 Å². The molecule has 2 radical (unpaired) electrons. The molecule has 0 aliphatic carbocycles. The summed E-state index contributed by atoms with van der Waals surface area (Å²) in [6.07, 6.45) is 0. The van der Waals surface area contributed by atoms with Crippen molar-refractivity contribution in [1.29, 1.82) is 0 Å². The molecule has 0 heterocycles. The summed E-state index contributed by atoms with van der Waals surface area (Å²) in [5, 5.41) is 0. The van der Waals surface area contributed by atoms with E-state index in [2.05, 4.69) is 0 Å². The van der Waals surface area contributed by atoms with Gasteiger partial charge in [0.2, 0.25) is 0 Å². The standard InChI is InChI=1S/Bi.Ca.Fe.O/q+3;2*+2;-2. The number of hydrogen-bond acceptors (Lipinski definition) is 0. The first-order valence-corrected chi connectivity index (χ1v) is 0. The van der Waals surface area contributed by atoms with Crippen LogP contribution >= 0.6 is 0 Å². The van der Waals surface area contributed by atoms with Gasteiger partial charge in [0, 0.05) is 0 Å². The summed E-state index contributed by atoms with van der Waals surface area (Å²) >= 11 is 0. The minimum absolute atomic E-state index is 0. The average molecular weight is 321 g/mol. The van der Waals surface area contributed by atoms with Gasteiger partial charge in [0.05, 0.1) is 0 Å². The van der Waals surface area contributed by atoms with E-state index in [9.17, 15) is 0 Å². The molecule has 4 heavy (non-hydrogen) atoms. The molecule has 0 aliphatic rings. The molecule has 0 aliphatic heterocycles. The Hall–Kier alpha value is 2.62. The quantitative estimate of drug-likeness (QED) is 0.519. The Morgan fingerprint density at radius 3 is 1.00 bits per heavy atom. The fourth-order valence-corrected chi connectivity index (χ4v) is 0. The Morgan fingerprint density at radius 1 is 1.00 bits per heavy atom. The van der Waals surface area contributed by atoms with E-state index in [4.69, 9.17) is 0 Å². The van der Waals surface area contributed by atoms with E-state index in [-0.39, 0.29) is 86.5 Å². The molecule has 16 valence electrons. The van der Waals surface area contributed by atoms with Gasteiger partial charge in [-0.05, 0) is 0 Å². The fraction of sp³-hybridized carbons (Fsp3) is 0. The van der Waals surface area contributed by atoms with Crippen LogP contribution in [0.2, 0.25) is 0 Å². The molecule has 0 amide bonds. The smallest absolute Gasteiger partial charge is 2.00 e. The van der Waals surface area contributed by atoms with Crippen LogP contribution in [0.4, 0.5) is 0 Å². The molecule has 0 rings (SSSR count). The zero-order valence-electron chi connectivity index (χ0n) is 1.92. The van der Waals surface area contributed by atoms with Gasteiger partial charge in [-0.1, -0.05) is 0 Å². The van der Waals surface area contributed by atoms with Crippen molar-refractivity contribution >= 4 is 63.9 Å². The van der Waals surface area contributed by atoms with E-state index in [0.29, 0.717) is 0 Å². The van der Waals surface area contributed by atoms with Gasteiger partial charge in [0.15, 0.2) is 0 Å². The predicted molar refractivity (Wildman–Crippen MR) is 12.2 cm³/mol. The average Bonchev–Trinajstić information content (AvgIpc) is 0. The third-order valence-corrected chi connectivity index (χ3v) is 0.